The van der Waals surface area contributed by atoms with Crippen LogP contribution >= 0.6 is 0 Å². The molecule has 87 heavy (non-hydrogen) atoms. The van der Waals surface area contributed by atoms with Crippen LogP contribution in [-0.2, 0) is 170 Å². The summed E-state index contributed by atoms with van der Waals surface area (Å²) in [6.45, 7) is 41.4. The first-order chi connectivity index (χ1) is 38.8. The number of benzene rings is 2. The maximum Gasteiger partial charge on any atom is 0.218 e. The molecule has 0 aliphatic carbocycles. The van der Waals surface area contributed by atoms with Gasteiger partial charge in [-0.05, 0) is 67.6 Å². The van der Waals surface area contributed by atoms with Crippen LogP contribution < -0.4 is 32.3 Å². The molecule has 21 heteroatoms. The van der Waals surface area contributed by atoms with Crippen LogP contribution in [-0.4, -0.2) is 50.5 Å². The maximum atomic E-state index is 10.8. The van der Waals surface area contributed by atoms with Gasteiger partial charge in [-0.25, -0.2) is 72.7 Å². The van der Waals surface area contributed by atoms with Crippen molar-refractivity contribution in [1.82, 2.24) is 44.4 Å². The van der Waals surface area contributed by atoms with Crippen molar-refractivity contribution in [2.24, 2.45) is 0 Å². The average molecular weight is 1550 g/mol. The van der Waals surface area contributed by atoms with Crippen LogP contribution in [0, 0.1) is 86.0 Å². The molecule has 16 nitrogen and oxygen atoms in total. The minimum atomic E-state index is -0.244. The zero-order chi connectivity index (χ0) is 61.6. The molecule has 453 valence electrons. The molecule has 0 saturated carbocycles. The normalized spacial score (nSPS) is 10.2. The summed E-state index contributed by atoms with van der Waals surface area (Å²) in [7, 11) is 0. The number of rotatable bonds is 3. The number of aromatic amines is 1. The van der Waals surface area contributed by atoms with E-state index in [0.717, 1.165) is 50.4 Å². The number of carbonyl (C=O) groups is 1. The van der Waals surface area contributed by atoms with Gasteiger partial charge < -0.3 is 60.4 Å². The van der Waals surface area contributed by atoms with Crippen LogP contribution in [0.5, 0.6) is 0 Å². The number of amides is 2. The number of nitrogens with one attached hydrogen (secondary N) is 4. The number of aryl methyl sites for hydroxylation is 3. The van der Waals surface area contributed by atoms with Gasteiger partial charge in [0.25, 0.3) is 0 Å². The molecule has 2 amide bonds. The number of H-pyrrole nitrogens is 1. The topological polar surface area (TPSA) is 219 Å². The number of hydrogen-bond donors (Lipinski definition) is 4. The van der Waals surface area contributed by atoms with Crippen molar-refractivity contribution < 1.29 is 168 Å². The largest absolute Gasteiger partial charge is 0.426 e. The third kappa shape index (κ3) is 44.7. The van der Waals surface area contributed by atoms with Crippen LogP contribution in [0.2, 0.25) is 0 Å². The summed E-state index contributed by atoms with van der Waals surface area (Å²) < 4.78 is 1.78. The van der Waals surface area contributed by atoms with Crippen molar-refractivity contribution in [3.05, 3.63) is 225 Å². The number of nitrogens with zero attached hydrogens (tertiary/aromatic N) is 10. The van der Waals surface area contributed by atoms with Crippen LogP contribution in [0.3, 0.4) is 0 Å². The molecule has 6 aromatic heterocycles. The summed E-state index contributed by atoms with van der Waals surface area (Å²) in [4.78, 5) is 53.0. The second kappa shape index (κ2) is 54.4. The summed E-state index contributed by atoms with van der Waals surface area (Å²) in [6, 6.07) is 32.1. The molecule has 0 saturated heterocycles. The van der Waals surface area contributed by atoms with Crippen molar-refractivity contribution in [3.8, 4) is 12.0 Å². The molecule has 2 aliphatic rings. The van der Waals surface area contributed by atoms with Gasteiger partial charge in [0.1, 0.15) is 5.48 Å². The van der Waals surface area contributed by atoms with E-state index >= 15 is 0 Å². The summed E-state index contributed by atoms with van der Waals surface area (Å²) in [5, 5.41) is 22.8. The first-order valence-corrected chi connectivity index (χ1v) is 26.3. The average Bonchev–Trinajstić information content (AvgIpc) is 3.92. The molecule has 4 N–H and O–H groups in total. The summed E-state index contributed by atoms with van der Waals surface area (Å²) in [5.41, 5.74) is 7.58. The van der Waals surface area contributed by atoms with Crippen molar-refractivity contribution in [2.45, 2.75) is 131 Å². The number of nitriles is 1. The van der Waals surface area contributed by atoms with Crippen LogP contribution in [0.4, 0.5) is 27.9 Å². The Hall–Kier alpha value is -3.32. The number of fused-ring (bicyclic) bond motifs is 3. The second-order valence-corrected chi connectivity index (χ2v) is 20.4. The van der Waals surface area contributed by atoms with Gasteiger partial charge in [-0.2, -0.15) is 115 Å². The fourth-order valence-electron chi connectivity index (χ4n) is 5.49. The van der Waals surface area contributed by atoms with E-state index in [-0.39, 0.29) is 175 Å². The Morgan fingerprint density at radius 2 is 1.18 bits per heavy atom. The number of hydrogen-bond acceptors (Lipinski definition) is 12. The minimum Gasteiger partial charge on any atom is -0.426 e. The van der Waals surface area contributed by atoms with E-state index in [0.29, 0.717) is 29.5 Å². The number of imidazole rings is 1. The zero-order valence-corrected chi connectivity index (χ0v) is 68.3. The Labute approximate surface area is 645 Å². The predicted octanol–water partition coefficient (Wildman–Crippen LogP) is 14.2. The van der Waals surface area contributed by atoms with Crippen LogP contribution in [0.15, 0.2) is 121 Å². The molecule has 8 aromatic rings. The summed E-state index contributed by atoms with van der Waals surface area (Å²) in [5.74, 6) is 8.95. The van der Waals surface area contributed by atoms with E-state index in [1.807, 2.05) is 74.5 Å². The van der Waals surface area contributed by atoms with Crippen molar-refractivity contribution in [3.63, 3.8) is 0 Å². The molecule has 10 rings (SSSR count). The Bertz CT molecular complexity index is 3270. The number of anilines is 4. The molecule has 2 aliphatic heterocycles. The Morgan fingerprint density at radius 1 is 0.667 bits per heavy atom. The fraction of sp³-hybridized carbons (Fsp3) is 0.288. The van der Waals surface area contributed by atoms with Crippen LogP contribution in [0.25, 0.3) is 34.8 Å². The van der Waals surface area contributed by atoms with Gasteiger partial charge >= 0.3 is 0 Å². The monoisotopic (exact) mass is 1550 g/mol. The number of pyridine rings is 3. The molecular formula is C66H82N14O2Y5-10. The third-order valence-electron chi connectivity index (χ3n) is 8.54. The molecule has 2 aromatic carbocycles. The summed E-state index contributed by atoms with van der Waals surface area (Å²) in [6.07, 6.45) is 16.4. The fourth-order valence-corrected chi connectivity index (χ4v) is 5.49. The number of aromatic nitrogens is 9. The Kier molecular flexibility index (Phi) is 57.8. The smallest absolute Gasteiger partial charge is 0.218 e. The van der Waals surface area contributed by atoms with Crippen molar-refractivity contribution in [2.75, 3.05) is 16.0 Å². The quantitative estimate of drug-likeness (QED) is 0.121. The van der Waals surface area contributed by atoms with Gasteiger partial charge in [0, 0.05) is 194 Å². The standard InChI is InChI=1S/C11H8N5.C10H9N4.C9H10N2O.C9H6NO.C7H5N2.5C4H9.5Y/c1-8-15-10-9(4-2-5-12-10)16(8)11-13-6-3-7-14-11;1-8-9(4-2-5-11-8)14-10-12-6-3-7-13-10;1-6-2-3-8-7(4-6)5-10-9(12)11-8;11-9-6-5-7-3-1-2-4-8(7)10-9;1-6-7(5-8)3-2-4-9-6;5*1-4(2)3;;;;;/h3-7H,1H2,(H,12,15);3-7H,1H3,(H,12,13,14);2-4H,5H2,1H3,(H2,10,11,12);1-5H,(H,10,11);3-4H,1H3;5*1-3H3;;;;;/q2*-1;;7*-1;;;;;/p-1. The van der Waals surface area contributed by atoms with E-state index in [9.17, 15) is 9.59 Å². The van der Waals surface area contributed by atoms with Gasteiger partial charge in [0.05, 0.1) is 5.82 Å². The Morgan fingerprint density at radius 3 is 1.70 bits per heavy atom. The zero-order valence-electron chi connectivity index (χ0n) is 54.1. The van der Waals surface area contributed by atoms with E-state index in [4.69, 9.17) is 5.26 Å². The maximum absolute atomic E-state index is 10.8. The van der Waals surface area contributed by atoms with Gasteiger partial charge in [0.2, 0.25) is 11.9 Å². The molecule has 0 spiro atoms. The van der Waals surface area contributed by atoms with Gasteiger partial charge in [-0.3, -0.25) is 19.6 Å². The number of carbonyl (C=O) groups excluding carboxylic acids is 1. The molecule has 0 atom stereocenters. The predicted molar refractivity (Wildman–Crippen MR) is 337 cm³/mol. The summed E-state index contributed by atoms with van der Waals surface area (Å²) >= 11 is 0. The number of allylic oxidation sites excluding steroid dienone is 1. The van der Waals surface area contributed by atoms with Gasteiger partial charge in [-0.1, -0.05) is 83.7 Å². The van der Waals surface area contributed by atoms with Crippen molar-refractivity contribution in [1.29, 1.82) is 5.26 Å². The molecule has 8 heterocycles. The molecule has 0 fully saturated rings. The molecular weight excluding hydrogens is 1470 g/mol. The molecule has 0 bridgehead atoms. The molecule has 0 unspecified atom stereocenters. The first-order valence-electron chi connectivity index (χ1n) is 26.3. The van der Waals surface area contributed by atoms with Crippen LogP contribution in [0.1, 0.15) is 132 Å². The SMILES string of the molecule is C=c1nc2c(n1-c1ncccn1)=C[C-]=CN2.C[C-](C)C.C[C-](C)C.C[C-](C)C.C[C-](C)C.C[C-](C)C.Cc1ccc2c(c1)C[N-]C(=O)N2.Cc1nc[c-]cc1C#N.Cc1nc[c-]cc1Nc1ncccn1.O=c1[c-]cc2ccccc2[nH]1.[Y].[Y].[Y].[Y].[Y]. The van der Waals surface area contributed by atoms with E-state index in [1.54, 1.807) is 79.1 Å². The van der Waals surface area contributed by atoms with Gasteiger partial charge in [-0.15, -0.1) is 6.07 Å². The third-order valence-corrected chi connectivity index (χ3v) is 8.54. The van der Waals surface area contributed by atoms with Gasteiger partial charge in [0.15, 0.2) is 11.6 Å². The van der Waals surface area contributed by atoms with Crippen molar-refractivity contribution >= 4 is 52.7 Å². The minimum absolute atomic E-state index is 0. The van der Waals surface area contributed by atoms with E-state index in [1.165, 1.54) is 35.2 Å². The number of para-hydroxylation sites is 1. The second-order valence-electron chi connectivity index (χ2n) is 20.4. The Balaban J connectivity index is -0.000000297. The van der Waals surface area contributed by atoms with E-state index < -0.39 is 0 Å². The van der Waals surface area contributed by atoms with E-state index in [2.05, 4.69) is 196 Å². The number of urea groups is 1. The molecule has 5 radical (unpaired) electrons. The first kappa shape index (κ1) is 92.4.